The lowest BCUT2D eigenvalue weighted by Gasteiger charge is -2.36. The topological polar surface area (TPSA) is 154 Å². The van der Waals surface area contributed by atoms with Crippen molar-refractivity contribution >= 4 is 35.3 Å². The summed E-state index contributed by atoms with van der Waals surface area (Å²) < 4.78 is 0. The van der Waals surface area contributed by atoms with Gasteiger partial charge in [-0.15, -0.1) is 0 Å². The highest BCUT2D eigenvalue weighted by Crippen LogP contribution is 2.30. The molecule has 5 amide bonds. The van der Waals surface area contributed by atoms with Crippen LogP contribution in [0.5, 0.6) is 0 Å². The van der Waals surface area contributed by atoms with Gasteiger partial charge in [0.1, 0.15) is 12.1 Å². The zero-order chi connectivity index (χ0) is 30.9. The fourth-order valence-corrected chi connectivity index (χ4v) is 6.93. The lowest BCUT2D eigenvalue weighted by molar-refractivity contribution is -0.145. The van der Waals surface area contributed by atoms with E-state index in [2.05, 4.69) is 21.3 Å². The summed E-state index contributed by atoms with van der Waals surface area (Å²) in [7, 11) is 1.59. The zero-order valence-electron chi connectivity index (χ0n) is 26.0. The second-order valence-electron chi connectivity index (χ2n) is 13.2. The van der Waals surface area contributed by atoms with Gasteiger partial charge in [-0.2, -0.15) is 0 Å². The van der Waals surface area contributed by atoms with Crippen LogP contribution in [0.3, 0.4) is 0 Å². The van der Waals surface area contributed by atoms with Crippen LogP contribution in [0.1, 0.15) is 110 Å². The van der Waals surface area contributed by atoms with Crippen molar-refractivity contribution in [3.63, 3.8) is 0 Å². The third-order valence-corrected chi connectivity index (χ3v) is 9.79. The van der Waals surface area contributed by atoms with Gasteiger partial charge in [0.05, 0.1) is 6.04 Å². The first-order valence-electron chi connectivity index (χ1n) is 16.7. The van der Waals surface area contributed by atoms with Gasteiger partial charge in [-0.25, -0.2) is 0 Å². The number of hydrogen-bond donors (Lipinski definition) is 4. The summed E-state index contributed by atoms with van der Waals surface area (Å²) in [4.78, 5) is 80.8. The van der Waals surface area contributed by atoms with Gasteiger partial charge in [-0.3, -0.25) is 28.8 Å². The van der Waals surface area contributed by atoms with Crippen molar-refractivity contribution in [3.05, 3.63) is 0 Å². The van der Waals surface area contributed by atoms with E-state index in [1.54, 1.807) is 7.05 Å². The maximum atomic E-state index is 14.1. The molecule has 0 aromatic carbocycles. The molecule has 11 heteroatoms. The van der Waals surface area contributed by atoms with E-state index in [1.165, 1.54) is 4.90 Å². The molecule has 4 atom stereocenters. The van der Waals surface area contributed by atoms with Crippen molar-refractivity contribution in [2.24, 2.45) is 17.8 Å². The van der Waals surface area contributed by atoms with Crippen LogP contribution >= 0.6 is 0 Å². The van der Waals surface area contributed by atoms with Crippen molar-refractivity contribution in [1.29, 1.82) is 0 Å². The monoisotopic (exact) mass is 601 g/mol. The maximum absolute atomic E-state index is 14.1. The van der Waals surface area contributed by atoms with E-state index in [0.717, 1.165) is 77.0 Å². The van der Waals surface area contributed by atoms with E-state index < -0.39 is 41.6 Å². The quantitative estimate of drug-likeness (QED) is 0.224. The molecule has 0 aromatic heterocycles. The predicted molar refractivity (Wildman–Crippen MR) is 160 cm³/mol. The van der Waals surface area contributed by atoms with Gasteiger partial charge in [0, 0.05) is 31.5 Å². The number of nitrogens with zero attached hydrogens (tertiary/aromatic N) is 1. The van der Waals surface area contributed by atoms with Crippen LogP contribution in [0.25, 0.3) is 0 Å². The van der Waals surface area contributed by atoms with Crippen LogP contribution < -0.4 is 21.3 Å². The molecule has 3 saturated carbocycles. The van der Waals surface area contributed by atoms with E-state index in [-0.39, 0.29) is 42.0 Å². The summed E-state index contributed by atoms with van der Waals surface area (Å²) in [5.74, 6) is -3.21. The van der Waals surface area contributed by atoms with Gasteiger partial charge in [-0.1, -0.05) is 51.9 Å². The number of amides is 5. The zero-order valence-corrected chi connectivity index (χ0v) is 26.0. The third kappa shape index (κ3) is 9.01. The van der Waals surface area contributed by atoms with Crippen molar-refractivity contribution in [1.82, 2.24) is 26.2 Å². The first-order chi connectivity index (χ1) is 20.7. The molecule has 1 aliphatic heterocycles. The normalized spacial score (nSPS) is 23.4. The number of ketones is 1. The summed E-state index contributed by atoms with van der Waals surface area (Å²) in [5, 5.41) is 11.3. The van der Waals surface area contributed by atoms with Crippen LogP contribution in [0.15, 0.2) is 0 Å². The number of likely N-dealkylation sites (N-methyl/N-ethyl adjacent to an activating group) is 1. The Labute approximate surface area is 255 Å². The average molecular weight is 602 g/mol. The van der Waals surface area contributed by atoms with E-state index in [0.29, 0.717) is 25.8 Å². The molecule has 11 nitrogen and oxygen atoms in total. The summed E-state index contributed by atoms with van der Waals surface area (Å²) >= 11 is 0. The van der Waals surface area contributed by atoms with Crippen LogP contribution in [-0.4, -0.2) is 78.0 Å². The lowest BCUT2D eigenvalue weighted by Crippen LogP contribution is -2.59. The molecule has 4 fully saturated rings. The molecule has 1 saturated heterocycles. The summed E-state index contributed by atoms with van der Waals surface area (Å²) in [6, 6.07) is -2.81. The van der Waals surface area contributed by atoms with Gasteiger partial charge in [0.15, 0.2) is 0 Å². The fourth-order valence-electron chi connectivity index (χ4n) is 6.93. The Morgan fingerprint density at radius 2 is 1.53 bits per heavy atom. The first-order valence-corrected chi connectivity index (χ1v) is 16.7. The molecule has 0 radical (unpaired) electrons. The summed E-state index contributed by atoms with van der Waals surface area (Å²) in [5.41, 5.74) is 0. The van der Waals surface area contributed by atoms with Gasteiger partial charge >= 0.3 is 0 Å². The maximum Gasteiger partial charge on any atom is 0.289 e. The highest BCUT2D eigenvalue weighted by atomic mass is 16.2. The molecule has 3 aliphatic carbocycles. The minimum Gasteiger partial charge on any atom is -0.356 e. The van der Waals surface area contributed by atoms with Crippen LogP contribution in [0.4, 0.5) is 0 Å². The molecule has 0 spiro atoms. The molecule has 43 heavy (non-hydrogen) atoms. The number of carbonyl (C=O) groups is 6. The average Bonchev–Trinajstić information content (AvgIpc) is 3.75. The van der Waals surface area contributed by atoms with E-state index in [4.69, 9.17) is 0 Å². The molecular formula is C32H51N5O6. The van der Waals surface area contributed by atoms with Crippen molar-refractivity contribution in [3.8, 4) is 0 Å². The van der Waals surface area contributed by atoms with Gasteiger partial charge in [0.25, 0.3) is 5.91 Å². The van der Waals surface area contributed by atoms with Crippen molar-refractivity contribution < 1.29 is 28.8 Å². The smallest absolute Gasteiger partial charge is 0.289 e. The van der Waals surface area contributed by atoms with Crippen molar-refractivity contribution in [2.75, 3.05) is 13.6 Å². The molecule has 0 bridgehead atoms. The Kier molecular flexibility index (Phi) is 12.0. The Bertz CT molecular complexity index is 1030. The molecule has 240 valence electrons. The molecular weight excluding hydrogens is 550 g/mol. The summed E-state index contributed by atoms with van der Waals surface area (Å²) in [6.07, 6.45) is 12.7. The van der Waals surface area contributed by atoms with E-state index in [9.17, 15) is 28.8 Å². The number of nitrogens with one attached hydrogen (secondary N) is 4. The van der Waals surface area contributed by atoms with Crippen LogP contribution in [-0.2, 0) is 28.8 Å². The molecule has 4 aliphatic rings. The first kappa shape index (κ1) is 32.9. The summed E-state index contributed by atoms with van der Waals surface area (Å²) in [6.45, 7) is 2.40. The van der Waals surface area contributed by atoms with Crippen LogP contribution in [0, 0.1) is 17.8 Å². The molecule has 4 N–H and O–H groups in total. The standard InChI is InChI=1S/C32H51N5O6/c1-3-10-25(30(41)35-24(19-22-17-18-33-28(22)39)27(38)31(42)34-23-15-16-23)37(2)32(43)26(20-11-6-4-7-12-20)36-29(40)21-13-8-5-9-14-21/h20-26H,3-19H2,1-2H3,(H,33,39)(H,34,42)(H,35,41)(H,36,40)/t22-,24-,25-,26+/m0/s1. The third-order valence-electron chi connectivity index (χ3n) is 9.79. The van der Waals surface area contributed by atoms with Gasteiger partial charge in [0.2, 0.25) is 29.4 Å². The molecule has 0 unspecified atom stereocenters. The number of carbonyl (C=O) groups excluding carboxylic acids is 6. The Hall–Kier alpha value is -2.98. The largest absolute Gasteiger partial charge is 0.356 e. The SMILES string of the molecule is CCC[C@@H](C(=O)N[C@@H](C[C@@H]1CCNC1=O)C(=O)C(=O)NC1CC1)N(C)C(=O)[C@H](NC(=O)C1CCCCC1)C1CCCCC1. The predicted octanol–water partition coefficient (Wildman–Crippen LogP) is 2.12. The molecule has 4 rings (SSSR count). The molecule has 1 heterocycles. The van der Waals surface area contributed by atoms with E-state index in [1.807, 2.05) is 6.92 Å². The Balaban J connectivity index is 1.49. The Morgan fingerprint density at radius 3 is 2.12 bits per heavy atom. The number of hydrogen-bond acceptors (Lipinski definition) is 6. The highest BCUT2D eigenvalue weighted by Gasteiger charge is 2.40. The molecule has 0 aromatic rings. The van der Waals surface area contributed by atoms with Crippen LogP contribution in [0.2, 0.25) is 0 Å². The minimum atomic E-state index is -1.18. The fraction of sp³-hybridized carbons (Fsp3) is 0.812. The second-order valence-corrected chi connectivity index (χ2v) is 13.2. The number of rotatable bonds is 14. The van der Waals surface area contributed by atoms with E-state index >= 15 is 0 Å². The van der Waals surface area contributed by atoms with Gasteiger partial charge < -0.3 is 26.2 Å². The Morgan fingerprint density at radius 1 is 0.884 bits per heavy atom. The lowest BCUT2D eigenvalue weighted by atomic mass is 9.82. The second kappa shape index (κ2) is 15.7. The number of Topliss-reactive ketones (excluding diaryl/α,β-unsaturated/α-hetero) is 1. The van der Waals surface area contributed by atoms with Gasteiger partial charge in [-0.05, 0) is 63.7 Å². The minimum absolute atomic E-state index is 0.00269. The highest BCUT2D eigenvalue weighted by molar-refractivity contribution is 6.38. The van der Waals surface area contributed by atoms with Crippen molar-refractivity contribution in [2.45, 2.75) is 134 Å².